The molecule has 1 rings (SSSR count). The van der Waals surface area contributed by atoms with Crippen LogP contribution in [-0.2, 0) is 6.18 Å². The molecule has 9 heteroatoms. The summed E-state index contributed by atoms with van der Waals surface area (Å²) >= 11 is 0.410. The Kier molecular flexibility index (Phi) is 4.95. The van der Waals surface area contributed by atoms with E-state index in [1.807, 2.05) is 0 Å². The van der Waals surface area contributed by atoms with Crippen molar-refractivity contribution in [2.45, 2.75) is 6.18 Å². The lowest BCUT2D eigenvalue weighted by atomic mass is 10.7. The summed E-state index contributed by atoms with van der Waals surface area (Å²) in [5, 5.41) is 5.26. The van der Waals surface area contributed by atoms with Crippen molar-refractivity contribution in [3.63, 3.8) is 0 Å². The number of alkyl halides is 3. The largest absolute Gasteiger partial charge is 0.445 e. The highest BCUT2D eigenvalue weighted by molar-refractivity contribution is 7.15. The van der Waals surface area contributed by atoms with Gasteiger partial charge in [-0.3, -0.25) is 0 Å². The maximum absolute atomic E-state index is 12.0. The van der Waals surface area contributed by atoms with E-state index in [0.717, 1.165) is 0 Å². The highest BCUT2D eigenvalue weighted by Gasteiger charge is 2.35. The molecule has 0 spiro atoms. The van der Waals surface area contributed by atoms with Crippen LogP contribution in [0.25, 0.3) is 0 Å². The summed E-state index contributed by atoms with van der Waals surface area (Å²) in [6.07, 6.45) is -3.08. The fourth-order valence-electron chi connectivity index (χ4n) is 0.547. The molecule has 1 aromatic heterocycles. The highest BCUT2D eigenvalue weighted by Crippen LogP contribution is 2.33. The summed E-state index contributed by atoms with van der Waals surface area (Å²) in [4.78, 5) is 5.28. The Morgan fingerprint density at radius 3 is 2.33 bits per heavy atom. The minimum absolute atomic E-state index is 0. The molecule has 1 aromatic rings. The fourth-order valence-corrected chi connectivity index (χ4v) is 1.10. The van der Waals surface area contributed by atoms with E-state index >= 15 is 0 Å². The van der Waals surface area contributed by atoms with Crippen LogP contribution >= 0.6 is 23.7 Å². The van der Waals surface area contributed by atoms with E-state index in [4.69, 9.17) is 0 Å². The van der Waals surface area contributed by atoms with Gasteiger partial charge in [-0.25, -0.2) is 4.99 Å². The molecule has 0 unspecified atom stereocenters. The van der Waals surface area contributed by atoms with Crippen LogP contribution in [0.4, 0.5) is 18.3 Å². The van der Waals surface area contributed by atoms with Crippen molar-refractivity contribution in [1.82, 2.24) is 15.1 Å². The van der Waals surface area contributed by atoms with Gasteiger partial charge in [0.25, 0.3) is 0 Å². The molecule has 0 aliphatic rings. The van der Waals surface area contributed by atoms with Gasteiger partial charge in [-0.15, -0.1) is 22.6 Å². The molecule has 0 fully saturated rings. The van der Waals surface area contributed by atoms with Gasteiger partial charge < -0.3 is 4.90 Å². The molecule has 0 amide bonds. The maximum atomic E-state index is 12.0. The third-order valence-electron chi connectivity index (χ3n) is 1.06. The van der Waals surface area contributed by atoms with Crippen molar-refractivity contribution >= 4 is 35.2 Å². The SMILES string of the molecule is CN(C)C=Nc1nnc(C(F)(F)F)s1.Cl. The predicted octanol–water partition coefficient (Wildman–Crippen LogP) is 2.20. The normalized spacial score (nSPS) is 11.5. The summed E-state index contributed by atoms with van der Waals surface area (Å²) in [5.41, 5.74) is 0. The summed E-state index contributed by atoms with van der Waals surface area (Å²) in [7, 11) is 3.41. The zero-order valence-electron chi connectivity index (χ0n) is 7.82. The van der Waals surface area contributed by atoms with Crippen LogP contribution in [0.5, 0.6) is 0 Å². The van der Waals surface area contributed by atoms with Crippen molar-refractivity contribution in [2.75, 3.05) is 14.1 Å². The third-order valence-corrected chi connectivity index (χ3v) is 1.93. The van der Waals surface area contributed by atoms with Crippen LogP contribution in [-0.4, -0.2) is 35.5 Å². The number of halogens is 4. The standard InChI is InChI=1S/C6H7F3N4S.ClH/c1-13(2)3-10-5-12-11-4(14-5)6(7,8)9;/h3H,1-2H3;1H. The zero-order chi connectivity index (χ0) is 10.8. The molecule has 0 saturated heterocycles. The highest BCUT2D eigenvalue weighted by atomic mass is 35.5. The Morgan fingerprint density at radius 2 is 1.93 bits per heavy atom. The maximum Gasteiger partial charge on any atom is 0.445 e. The van der Waals surface area contributed by atoms with Crippen LogP contribution in [0.3, 0.4) is 0 Å². The topological polar surface area (TPSA) is 41.4 Å². The van der Waals surface area contributed by atoms with Gasteiger partial charge in [-0.05, 0) is 0 Å². The lowest BCUT2D eigenvalue weighted by Crippen LogP contribution is -2.06. The second kappa shape index (κ2) is 5.26. The van der Waals surface area contributed by atoms with E-state index in [-0.39, 0.29) is 17.5 Å². The summed E-state index contributed by atoms with van der Waals surface area (Å²) in [6.45, 7) is 0. The summed E-state index contributed by atoms with van der Waals surface area (Å²) in [5.74, 6) is 0. The van der Waals surface area contributed by atoms with Crippen LogP contribution in [0, 0.1) is 0 Å². The van der Waals surface area contributed by atoms with E-state index in [1.165, 1.54) is 6.34 Å². The smallest absolute Gasteiger partial charge is 0.369 e. The van der Waals surface area contributed by atoms with Gasteiger partial charge in [0.05, 0.1) is 6.34 Å². The Balaban J connectivity index is 0.00000196. The fraction of sp³-hybridized carbons (Fsp3) is 0.500. The summed E-state index contributed by atoms with van der Waals surface area (Å²) in [6, 6.07) is 0. The Bertz CT molecular complexity index is 335. The van der Waals surface area contributed by atoms with Crippen LogP contribution in [0.1, 0.15) is 5.01 Å². The van der Waals surface area contributed by atoms with Gasteiger partial charge >= 0.3 is 6.18 Å². The Morgan fingerprint density at radius 1 is 1.33 bits per heavy atom. The first kappa shape index (κ1) is 14.1. The van der Waals surface area contributed by atoms with E-state index in [0.29, 0.717) is 11.3 Å². The Labute approximate surface area is 94.2 Å². The first-order valence-electron chi connectivity index (χ1n) is 3.51. The third kappa shape index (κ3) is 4.43. The van der Waals surface area contributed by atoms with Gasteiger partial charge in [-0.1, -0.05) is 11.3 Å². The minimum Gasteiger partial charge on any atom is -0.369 e. The molecule has 1 heterocycles. The van der Waals surface area contributed by atoms with Crippen molar-refractivity contribution in [2.24, 2.45) is 4.99 Å². The second-order valence-electron chi connectivity index (χ2n) is 2.60. The Hall–Kier alpha value is -0.890. The first-order valence-corrected chi connectivity index (χ1v) is 4.32. The van der Waals surface area contributed by atoms with Crippen molar-refractivity contribution in [3.05, 3.63) is 5.01 Å². The molecule has 0 aliphatic carbocycles. The zero-order valence-corrected chi connectivity index (χ0v) is 9.45. The van der Waals surface area contributed by atoms with Crippen molar-refractivity contribution in [1.29, 1.82) is 0 Å². The second-order valence-corrected chi connectivity index (χ2v) is 3.55. The molecule has 0 radical (unpaired) electrons. The quantitative estimate of drug-likeness (QED) is 0.605. The average Bonchev–Trinajstić information content (AvgIpc) is 2.47. The molecule has 0 saturated carbocycles. The molecule has 4 nitrogen and oxygen atoms in total. The lowest BCUT2D eigenvalue weighted by Gasteiger charge is -1.99. The molecule has 0 aromatic carbocycles. The van der Waals surface area contributed by atoms with E-state index < -0.39 is 11.2 Å². The van der Waals surface area contributed by atoms with Gasteiger partial charge in [0.1, 0.15) is 0 Å². The van der Waals surface area contributed by atoms with Crippen molar-refractivity contribution in [3.8, 4) is 0 Å². The van der Waals surface area contributed by atoms with Gasteiger partial charge in [-0.2, -0.15) is 13.2 Å². The number of nitrogens with zero attached hydrogens (tertiary/aromatic N) is 4. The molecular weight excluding hydrogens is 253 g/mol. The number of hydrogen-bond acceptors (Lipinski definition) is 4. The molecule has 0 aliphatic heterocycles. The monoisotopic (exact) mass is 260 g/mol. The van der Waals surface area contributed by atoms with Crippen LogP contribution in [0.15, 0.2) is 4.99 Å². The van der Waals surface area contributed by atoms with E-state index in [2.05, 4.69) is 15.2 Å². The van der Waals surface area contributed by atoms with Crippen LogP contribution < -0.4 is 0 Å². The lowest BCUT2D eigenvalue weighted by molar-refractivity contribution is -0.138. The van der Waals surface area contributed by atoms with Gasteiger partial charge in [0.15, 0.2) is 0 Å². The van der Waals surface area contributed by atoms with Gasteiger partial charge in [0, 0.05) is 14.1 Å². The molecule has 15 heavy (non-hydrogen) atoms. The average molecular weight is 261 g/mol. The number of aromatic nitrogens is 2. The molecule has 0 atom stereocenters. The minimum atomic E-state index is -4.44. The number of hydrogen-bond donors (Lipinski definition) is 0. The summed E-state index contributed by atoms with van der Waals surface area (Å²) < 4.78 is 36.1. The molecule has 0 bridgehead atoms. The van der Waals surface area contributed by atoms with Crippen molar-refractivity contribution < 1.29 is 13.2 Å². The first-order chi connectivity index (χ1) is 6.39. The van der Waals surface area contributed by atoms with Crippen LogP contribution in [0.2, 0.25) is 0 Å². The van der Waals surface area contributed by atoms with E-state index in [9.17, 15) is 13.2 Å². The molecular formula is C6H8ClF3N4S. The van der Waals surface area contributed by atoms with E-state index in [1.54, 1.807) is 19.0 Å². The predicted molar refractivity (Wildman–Crippen MR) is 54.0 cm³/mol. The number of rotatable bonds is 2. The molecule has 86 valence electrons. The molecule has 0 N–H and O–H groups in total. The van der Waals surface area contributed by atoms with Gasteiger partial charge in [0.2, 0.25) is 10.1 Å². The number of aliphatic imine (C=N–C) groups is 1.